The fraction of sp³-hybridized carbons (Fsp3) is 0.0833. The number of anilines is 1. The Morgan fingerprint density at radius 2 is 2.06 bits per heavy atom. The molecule has 0 spiro atoms. The fourth-order valence-electron chi connectivity index (χ4n) is 1.65. The van der Waals surface area contributed by atoms with Crippen molar-refractivity contribution in [3.05, 3.63) is 30.6 Å². The molecule has 0 radical (unpaired) electrons. The summed E-state index contributed by atoms with van der Waals surface area (Å²) in [6.45, 7) is 0. The smallest absolute Gasteiger partial charge is 0.152 e. The Morgan fingerprint density at radius 3 is 2.83 bits per heavy atom. The summed E-state index contributed by atoms with van der Waals surface area (Å²) in [6.07, 6.45) is 3.17. The van der Waals surface area contributed by atoms with Gasteiger partial charge in [-0.3, -0.25) is 0 Å². The summed E-state index contributed by atoms with van der Waals surface area (Å²) in [4.78, 5) is 12.7. The van der Waals surface area contributed by atoms with Crippen molar-refractivity contribution < 1.29 is 4.74 Å². The van der Waals surface area contributed by atoms with Crippen molar-refractivity contribution >= 4 is 27.4 Å². The summed E-state index contributed by atoms with van der Waals surface area (Å²) >= 11 is 1.52. The number of aromatic nitrogens is 3. The first-order valence-electron chi connectivity index (χ1n) is 5.29. The van der Waals surface area contributed by atoms with E-state index >= 15 is 0 Å². The molecule has 1 aromatic carbocycles. The Bertz CT molecular complexity index is 710. The van der Waals surface area contributed by atoms with Crippen LogP contribution in [0.25, 0.3) is 20.9 Å². The standard InChI is InChI=1S/C12H10N4OS/c1-17-7-2-3-8-9(6-7)18-12(16-8)10-11(13)15-5-4-14-10/h2-6H,1H3,(H2,13,15). The Morgan fingerprint density at radius 1 is 1.22 bits per heavy atom. The molecule has 0 saturated heterocycles. The van der Waals surface area contributed by atoms with E-state index in [1.165, 1.54) is 11.3 Å². The molecular formula is C12H10N4OS. The second kappa shape index (κ2) is 4.23. The van der Waals surface area contributed by atoms with Gasteiger partial charge in [0.1, 0.15) is 16.5 Å². The van der Waals surface area contributed by atoms with Crippen molar-refractivity contribution in [2.45, 2.75) is 0 Å². The molecule has 2 heterocycles. The minimum absolute atomic E-state index is 0.392. The maximum Gasteiger partial charge on any atom is 0.152 e. The molecule has 3 aromatic rings. The van der Waals surface area contributed by atoms with Crippen molar-refractivity contribution in [2.24, 2.45) is 0 Å². The molecule has 2 N–H and O–H groups in total. The van der Waals surface area contributed by atoms with Crippen molar-refractivity contribution in [3.8, 4) is 16.5 Å². The van der Waals surface area contributed by atoms with Crippen LogP contribution in [0.4, 0.5) is 5.82 Å². The van der Waals surface area contributed by atoms with Gasteiger partial charge in [-0.1, -0.05) is 0 Å². The molecule has 0 aliphatic carbocycles. The number of fused-ring (bicyclic) bond motifs is 1. The van der Waals surface area contributed by atoms with Gasteiger partial charge in [-0.25, -0.2) is 15.0 Å². The van der Waals surface area contributed by atoms with Gasteiger partial charge in [0, 0.05) is 12.4 Å². The highest BCUT2D eigenvalue weighted by Gasteiger charge is 2.11. The van der Waals surface area contributed by atoms with E-state index in [0.29, 0.717) is 11.5 Å². The van der Waals surface area contributed by atoms with Gasteiger partial charge >= 0.3 is 0 Å². The zero-order valence-corrected chi connectivity index (χ0v) is 10.4. The van der Waals surface area contributed by atoms with E-state index < -0.39 is 0 Å². The van der Waals surface area contributed by atoms with E-state index in [9.17, 15) is 0 Å². The lowest BCUT2D eigenvalue weighted by Crippen LogP contribution is -1.95. The third-order valence-corrected chi connectivity index (χ3v) is 3.55. The number of nitrogen functional groups attached to an aromatic ring is 1. The molecule has 0 fully saturated rings. The monoisotopic (exact) mass is 258 g/mol. The number of methoxy groups -OCH3 is 1. The van der Waals surface area contributed by atoms with Crippen LogP contribution >= 0.6 is 11.3 Å². The van der Waals surface area contributed by atoms with Crippen LogP contribution < -0.4 is 10.5 Å². The summed E-state index contributed by atoms with van der Waals surface area (Å²) in [5, 5.41) is 0.767. The molecule has 0 aliphatic rings. The van der Waals surface area contributed by atoms with Gasteiger partial charge in [0.2, 0.25) is 0 Å². The average Bonchev–Trinajstić information content (AvgIpc) is 2.81. The number of rotatable bonds is 2. The maximum atomic E-state index is 5.80. The van der Waals surface area contributed by atoms with Crippen LogP contribution in [0, 0.1) is 0 Å². The van der Waals surface area contributed by atoms with Crippen molar-refractivity contribution in [2.75, 3.05) is 12.8 Å². The van der Waals surface area contributed by atoms with E-state index in [-0.39, 0.29) is 0 Å². The average molecular weight is 258 g/mol. The van der Waals surface area contributed by atoms with Crippen LogP contribution in [0.3, 0.4) is 0 Å². The highest BCUT2D eigenvalue weighted by Crippen LogP contribution is 2.32. The predicted molar refractivity (Wildman–Crippen MR) is 71.6 cm³/mol. The number of hydrogen-bond acceptors (Lipinski definition) is 6. The molecule has 0 atom stereocenters. The van der Waals surface area contributed by atoms with Crippen molar-refractivity contribution in [3.63, 3.8) is 0 Å². The molecular weight excluding hydrogens is 248 g/mol. The predicted octanol–water partition coefficient (Wildman–Crippen LogP) is 2.34. The first kappa shape index (κ1) is 10.9. The molecule has 3 rings (SSSR count). The number of nitrogens with two attached hydrogens (primary N) is 1. The van der Waals surface area contributed by atoms with E-state index in [1.54, 1.807) is 19.5 Å². The van der Waals surface area contributed by atoms with Gasteiger partial charge in [0.05, 0.1) is 17.3 Å². The highest BCUT2D eigenvalue weighted by atomic mass is 32.1. The third kappa shape index (κ3) is 1.76. The minimum Gasteiger partial charge on any atom is -0.497 e. The Balaban J connectivity index is 2.17. The largest absolute Gasteiger partial charge is 0.497 e. The molecule has 6 heteroatoms. The molecule has 2 aromatic heterocycles. The van der Waals surface area contributed by atoms with Gasteiger partial charge in [-0.2, -0.15) is 0 Å². The molecule has 0 amide bonds. The third-order valence-electron chi connectivity index (χ3n) is 2.52. The molecule has 0 aliphatic heterocycles. The lowest BCUT2D eigenvalue weighted by molar-refractivity contribution is 0.415. The Kier molecular flexibility index (Phi) is 2.56. The lowest BCUT2D eigenvalue weighted by Gasteiger charge is -1.97. The quantitative estimate of drug-likeness (QED) is 0.763. The molecule has 0 bridgehead atoms. The normalized spacial score (nSPS) is 10.7. The summed E-state index contributed by atoms with van der Waals surface area (Å²) in [5.74, 6) is 1.20. The number of thiazole rings is 1. The van der Waals surface area contributed by atoms with Crippen LogP contribution in [0.1, 0.15) is 0 Å². The Labute approximate surface area is 107 Å². The molecule has 0 unspecified atom stereocenters. The maximum absolute atomic E-state index is 5.80. The summed E-state index contributed by atoms with van der Waals surface area (Å²) in [7, 11) is 1.64. The highest BCUT2D eigenvalue weighted by molar-refractivity contribution is 7.21. The van der Waals surface area contributed by atoms with Gasteiger partial charge in [0.15, 0.2) is 5.82 Å². The zero-order valence-electron chi connectivity index (χ0n) is 9.62. The minimum atomic E-state index is 0.392. The number of ether oxygens (including phenoxy) is 1. The van der Waals surface area contributed by atoms with Gasteiger partial charge in [0.25, 0.3) is 0 Å². The van der Waals surface area contributed by atoms with Gasteiger partial charge in [-0.05, 0) is 18.2 Å². The van der Waals surface area contributed by atoms with Crippen LogP contribution in [-0.4, -0.2) is 22.1 Å². The first-order valence-corrected chi connectivity index (χ1v) is 6.11. The van der Waals surface area contributed by atoms with Crippen molar-refractivity contribution in [1.29, 1.82) is 0 Å². The van der Waals surface area contributed by atoms with Crippen LogP contribution in [0.2, 0.25) is 0 Å². The lowest BCUT2D eigenvalue weighted by atomic mass is 10.3. The first-order chi connectivity index (χ1) is 8.78. The number of benzene rings is 1. The SMILES string of the molecule is COc1ccc2nc(-c3nccnc3N)sc2c1. The van der Waals surface area contributed by atoms with Gasteiger partial charge in [-0.15, -0.1) is 11.3 Å². The van der Waals surface area contributed by atoms with Crippen molar-refractivity contribution in [1.82, 2.24) is 15.0 Å². The number of hydrogen-bond donors (Lipinski definition) is 1. The fourth-order valence-corrected chi connectivity index (χ4v) is 2.65. The summed E-state index contributed by atoms with van der Waals surface area (Å²) in [5.41, 5.74) is 7.33. The van der Waals surface area contributed by atoms with E-state index in [4.69, 9.17) is 10.5 Å². The molecule has 18 heavy (non-hydrogen) atoms. The topological polar surface area (TPSA) is 73.9 Å². The molecule has 0 saturated carbocycles. The molecule has 90 valence electrons. The van der Waals surface area contributed by atoms with E-state index in [0.717, 1.165) is 21.0 Å². The van der Waals surface area contributed by atoms with E-state index in [2.05, 4.69) is 15.0 Å². The summed E-state index contributed by atoms with van der Waals surface area (Å²) < 4.78 is 6.22. The second-order valence-corrected chi connectivity index (χ2v) is 4.67. The number of nitrogens with zero attached hydrogens (tertiary/aromatic N) is 3. The van der Waals surface area contributed by atoms with Crippen LogP contribution in [0.15, 0.2) is 30.6 Å². The van der Waals surface area contributed by atoms with Crippen LogP contribution in [0.5, 0.6) is 5.75 Å². The summed E-state index contributed by atoms with van der Waals surface area (Å²) in [6, 6.07) is 5.75. The van der Waals surface area contributed by atoms with Crippen LogP contribution in [-0.2, 0) is 0 Å². The Hall–Kier alpha value is -2.21. The molecule has 5 nitrogen and oxygen atoms in total. The van der Waals surface area contributed by atoms with E-state index in [1.807, 2.05) is 18.2 Å². The zero-order chi connectivity index (χ0) is 12.5. The van der Waals surface area contributed by atoms with Gasteiger partial charge < -0.3 is 10.5 Å². The second-order valence-electron chi connectivity index (χ2n) is 3.64.